The monoisotopic (exact) mass is 350 g/mol. The van der Waals surface area contributed by atoms with Crippen molar-refractivity contribution in [3.05, 3.63) is 60.2 Å². The third-order valence-electron chi connectivity index (χ3n) is 5.12. The van der Waals surface area contributed by atoms with Crippen LogP contribution in [-0.4, -0.2) is 37.0 Å². The molecule has 0 aliphatic carbocycles. The van der Waals surface area contributed by atoms with E-state index in [0.717, 1.165) is 43.6 Å². The fraction of sp³-hybridized carbons (Fsp3) is 0.435. The zero-order valence-corrected chi connectivity index (χ0v) is 15.9. The molecule has 2 atom stereocenters. The van der Waals surface area contributed by atoms with Crippen LogP contribution in [0.3, 0.4) is 0 Å². The number of nitrogens with one attached hydrogen (secondary N) is 1. The van der Waals surface area contributed by atoms with Gasteiger partial charge in [0.2, 0.25) is 5.91 Å². The molecule has 1 N–H and O–H groups in total. The Kier molecular flexibility index (Phi) is 6.45. The van der Waals surface area contributed by atoms with Crippen molar-refractivity contribution in [3.8, 4) is 11.1 Å². The molecule has 1 amide bonds. The Hall–Kier alpha value is -2.13. The first-order valence-corrected chi connectivity index (χ1v) is 9.73. The molecular formula is C23H30N2O. The molecule has 3 rings (SSSR count). The fourth-order valence-electron chi connectivity index (χ4n) is 4.02. The summed E-state index contributed by atoms with van der Waals surface area (Å²) < 4.78 is 0. The maximum absolute atomic E-state index is 12.2. The highest BCUT2D eigenvalue weighted by atomic mass is 16.1. The summed E-state index contributed by atoms with van der Waals surface area (Å²) in [4.78, 5) is 14.7. The van der Waals surface area contributed by atoms with Crippen molar-refractivity contribution in [2.75, 3.05) is 26.2 Å². The number of nitrogens with zero attached hydrogens (tertiary/aromatic N) is 1. The molecule has 1 saturated heterocycles. The first-order valence-electron chi connectivity index (χ1n) is 9.73. The van der Waals surface area contributed by atoms with Gasteiger partial charge in [0.25, 0.3) is 0 Å². The Labute approximate surface area is 157 Å². The second kappa shape index (κ2) is 9.00. The van der Waals surface area contributed by atoms with Crippen molar-refractivity contribution in [1.82, 2.24) is 10.2 Å². The smallest absolute Gasteiger partial charge is 0.224 e. The first kappa shape index (κ1) is 18.7. The highest BCUT2D eigenvalue weighted by molar-refractivity contribution is 5.78. The fourth-order valence-corrected chi connectivity index (χ4v) is 4.02. The first-order chi connectivity index (χ1) is 12.6. The number of benzene rings is 2. The van der Waals surface area contributed by atoms with Gasteiger partial charge in [-0.25, -0.2) is 0 Å². The summed E-state index contributed by atoms with van der Waals surface area (Å²) in [6.07, 6.45) is 1.77. The van der Waals surface area contributed by atoms with Crippen LogP contribution in [-0.2, 0) is 11.2 Å². The average molecular weight is 351 g/mol. The van der Waals surface area contributed by atoms with Crippen LogP contribution < -0.4 is 5.32 Å². The minimum absolute atomic E-state index is 0.107. The third-order valence-corrected chi connectivity index (χ3v) is 5.12. The maximum Gasteiger partial charge on any atom is 0.224 e. The minimum atomic E-state index is 0.107. The highest BCUT2D eigenvalue weighted by Crippen LogP contribution is 2.20. The molecular weight excluding hydrogens is 320 g/mol. The second-order valence-corrected chi connectivity index (χ2v) is 7.80. The third kappa shape index (κ3) is 5.43. The summed E-state index contributed by atoms with van der Waals surface area (Å²) in [5.74, 6) is 1.63. The summed E-state index contributed by atoms with van der Waals surface area (Å²) in [5, 5.41) is 3.07. The van der Waals surface area contributed by atoms with E-state index in [9.17, 15) is 4.79 Å². The van der Waals surface area contributed by atoms with E-state index in [1.807, 2.05) is 18.2 Å². The lowest BCUT2D eigenvalue weighted by atomic mass is 9.92. The van der Waals surface area contributed by atoms with E-state index in [2.05, 4.69) is 60.5 Å². The van der Waals surface area contributed by atoms with Gasteiger partial charge < -0.3 is 10.2 Å². The van der Waals surface area contributed by atoms with Gasteiger partial charge in [-0.2, -0.15) is 0 Å². The number of carbonyl (C=O) groups is 1. The predicted octanol–water partition coefficient (Wildman–Crippen LogP) is 3.99. The van der Waals surface area contributed by atoms with Gasteiger partial charge in [-0.1, -0.05) is 68.4 Å². The van der Waals surface area contributed by atoms with Gasteiger partial charge in [0.15, 0.2) is 0 Å². The van der Waals surface area contributed by atoms with Crippen LogP contribution in [0.25, 0.3) is 11.1 Å². The standard InChI is InChI=1S/C23H30N2O/c1-18-14-19(2)17-25(16-18)13-12-24-23(26)15-20-8-10-22(11-9-20)21-6-4-3-5-7-21/h3-11,18-19H,12-17H2,1-2H3,(H,24,26). The van der Waals surface area contributed by atoms with Gasteiger partial charge in [0.1, 0.15) is 0 Å². The summed E-state index contributed by atoms with van der Waals surface area (Å²) in [5.41, 5.74) is 3.44. The van der Waals surface area contributed by atoms with Crippen molar-refractivity contribution in [3.63, 3.8) is 0 Å². The van der Waals surface area contributed by atoms with Gasteiger partial charge in [0.05, 0.1) is 6.42 Å². The summed E-state index contributed by atoms with van der Waals surface area (Å²) in [6, 6.07) is 18.6. The van der Waals surface area contributed by atoms with Crippen molar-refractivity contribution in [1.29, 1.82) is 0 Å². The van der Waals surface area contributed by atoms with Gasteiger partial charge in [0, 0.05) is 26.2 Å². The molecule has 2 unspecified atom stereocenters. The Bertz CT molecular complexity index is 686. The molecule has 3 nitrogen and oxygen atoms in total. The van der Waals surface area contributed by atoms with Crippen LogP contribution in [0.15, 0.2) is 54.6 Å². The van der Waals surface area contributed by atoms with E-state index < -0.39 is 0 Å². The number of piperidine rings is 1. The zero-order chi connectivity index (χ0) is 18.4. The summed E-state index contributed by atoms with van der Waals surface area (Å²) in [7, 11) is 0. The van der Waals surface area contributed by atoms with E-state index in [1.54, 1.807) is 0 Å². The molecule has 0 saturated carbocycles. The summed E-state index contributed by atoms with van der Waals surface area (Å²) in [6.45, 7) is 8.64. The van der Waals surface area contributed by atoms with Crippen LogP contribution in [0.4, 0.5) is 0 Å². The van der Waals surface area contributed by atoms with Crippen LogP contribution in [0.2, 0.25) is 0 Å². The number of hydrogen-bond acceptors (Lipinski definition) is 2. The van der Waals surface area contributed by atoms with Crippen LogP contribution in [0.1, 0.15) is 25.8 Å². The predicted molar refractivity (Wildman–Crippen MR) is 108 cm³/mol. The molecule has 1 aliphatic rings. The molecule has 2 aromatic rings. The van der Waals surface area contributed by atoms with Gasteiger partial charge in [-0.15, -0.1) is 0 Å². The maximum atomic E-state index is 12.2. The molecule has 0 bridgehead atoms. The van der Waals surface area contributed by atoms with Crippen LogP contribution in [0, 0.1) is 11.8 Å². The van der Waals surface area contributed by atoms with Crippen molar-refractivity contribution < 1.29 is 4.79 Å². The lowest BCUT2D eigenvalue weighted by molar-refractivity contribution is -0.120. The Morgan fingerprint density at radius 2 is 1.58 bits per heavy atom. The quantitative estimate of drug-likeness (QED) is 0.854. The minimum Gasteiger partial charge on any atom is -0.355 e. The number of carbonyl (C=O) groups excluding carboxylic acids is 1. The van der Waals surface area contributed by atoms with E-state index in [1.165, 1.54) is 17.5 Å². The number of hydrogen-bond donors (Lipinski definition) is 1. The van der Waals surface area contributed by atoms with Crippen LogP contribution >= 0.6 is 0 Å². The Balaban J connectivity index is 1.43. The number of likely N-dealkylation sites (tertiary alicyclic amines) is 1. The van der Waals surface area contributed by atoms with Crippen molar-refractivity contribution in [2.24, 2.45) is 11.8 Å². The van der Waals surface area contributed by atoms with E-state index in [0.29, 0.717) is 6.42 Å². The van der Waals surface area contributed by atoms with Gasteiger partial charge >= 0.3 is 0 Å². The topological polar surface area (TPSA) is 32.3 Å². The van der Waals surface area contributed by atoms with Gasteiger partial charge in [-0.05, 0) is 34.9 Å². The molecule has 1 aliphatic heterocycles. The molecule has 138 valence electrons. The van der Waals surface area contributed by atoms with Crippen LogP contribution in [0.5, 0.6) is 0 Å². The largest absolute Gasteiger partial charge is 0.355 e. The molecule has 1 heterocycles. The molecule has 3 heteroatoms. The van der Waals surface area contributed by atoms with Gasteiger partial charge in [-0.3, -0.25) is 4.79 Å². The molecule has 0 aromatic heterocycles. The van der Waals surface area contributed by atoms with E-state index >= 15 is 0 Å². The molecule has 0 spiro atoms. The SMILES string of the molecule is CC1CC(C)CN(CCNC(=O)Cc2ccc(-c3ccccc3)cc2)C1. The molecule has 0 radical (unpaired) electrons. The lowest BCUT2D eigenvalue weighted by Gasteiger charge is -2.34. The van der Waals surface area contributed by atoms with E-state index in [4.69, 9.17) is 0 Å². The normalized spacial score (nSPS) is 20.7. The second-order valence-electron chi connectivity index (χ2n) is 7.80. The lowest BCUT2D eigenvalue weighted by Crippen LogP contribution is -2.43. The van der Waals surface area contributed by atoms with Crippen molar-refractivity contribution >= 4 is 5.91 Å². The number of amides is 1. The molecule has 2 aromatic carbocycles. The number of rotatable bonds is 6. The van der Waals surface area contributed by atoms with Crippen molar-refractivity contribution in [2.45, 2.75) is 26.7 Å². The molecule has 26 heavy (non-hydrogen) atoms. The Morgan fingerprint density at radius 1 is 0.962 bits per heavy atom. The highest BCUT2D eigenvalue weighted by Gasteiger charge is 2.21. The Morgan fingerprint density at radius 3 is 2.23 bits per heavy atom. The van der Waals surface area contributed by atoms with E-state index in [-0.39, 0.29) is 5.91 Å². The average Bonchev–Trinajstić information content (AvgIpc) is 2.62. The molecule has 1 fully saturated rings. The summed E-state index contributed by atoms with van der Waals surface area (Å²) >= 11 is 0. The zero-order valence-electron chi connectivity index (χ0n) is 15.9.